The summed E-state index contributed by atoms with van der Waals surface area (Å²) in [6.07, 6.45) is 1.81. The highest BCUT2D eigenvalue weighted by Crippen LogP contribution is 2.22. The van der Waals surface area contributed by atoms with Crippen LogP contribution in [-0.4, -0.2) is 42.9 Å². The third-order valence-corrected chi connectivity index (χ3v) is 2.62. The third kappa shape index (κ3) is 5.22. The molecule has 0 amide bonds. The second-order valence-corrected chi connectivity index (χ2v) is 4.00. The second kappa shape index (κ2) is 8.12. The summed E-state index contributed by atoms with van der Waals surface area (Å²) in [5.74, 6) is 0.691. The molecule has 0 bridgehead atoms. The van der Waals surface area contributed by atoms with Gasteiger partial charge in [-0.25, -0.2) is 0 Å². The van der Waals surface area contributed by atoms with E-state index in [9.17, 15) is 0 Å². The zero-order valence-corrected chi connectivity index (χ0v) is 10.6. The lowest BCUT2D eigenvalue weighted by molar-refractivity contribution is 0.180. The van der Waals surface area contributed by atoms with E-state index in [1.165, 1.54) is 0 Å². The Morgan fingerprint density at radius 1 is 1.35 bits per heavy atom. The highest BCUT2D eigenvalue weighted by atomic mass is 35.5. The molecule has 0 heterocycles. The number of nitrogens with zero attached hydrogens (tertiary/aromatic N) is 1. The van der Waals surface area contributed by atoms with Crippen molar-refractivity contribution in [3.63, 3.8) is 0 Å². The molecule has 0 aromatic heterocycles. The van der Waals surface area contributed by atoms with Crippen LogP contribution in [-0.2, 0) is 0 Å². The molecule has 0 radical (unpaired) electrons. The molecule has 1 N–H and O–H groups in total. The number of rotatable bonds is 8. The van der Waals surface area contributed by atoms with Crippen molar-refractivity contribution in [2.24, 2.45) is 0 Å². The minimum atomic E-state index is 0.139. The van der Waals surface area contributed by atoms with Crippen LogP contribution in [0, 0.1) is 0 Å². The van der Waals surface area contributed by atoms with Crippen molar-refractivity contribution in [3.05, 3.63) is 41.9 Å². The molecule has 4 heteroatoms. The number of aliphatic hydroxyl groups is 1. The fourth-order valence-electron chi connectivity index (χ4n) is 1.46. The molecule has 0 aliphatic heterocycles. The first-order valence-electron chi connectivity index (χ1n) is 5.59. The SMILES string of the molecule is C=CCN(CCO)CCOc1ccccc1Cl. The molecule has 0 atom stereocenters. The van der Waals surface area contributed by atoms with Gasteiger partial charge in [0.25, 0.3) is 0 Å². The number of aliphatic hydroxyl groups excluding tert-OH is 1. The van der Waals surface area contributed by atoms with Crippen LogP contribution in [0.5, 0.6) is 5.75 Å². The van der Waals surface area contributed by atoms with Gasteiger partial charge in [-0.05, 0) is 12.1 Å². The van der Waals surface area contributed by atoms with Gasteiger partial charge in [0.1, 0.15) is 12.4 Å². The van der Waals surface area contributed by atoms with Crippen LogP contribution in [0.25, 0.3) is 0 Å². The molecule has 1 aromatic rings. The van der Waals surface area contributed by atoms with Crippen molar-refractivity contribution >= 4 is 11.6 Å². The first-order valence-corrected chi connectivity index (χ1v) is 5.97. The summed E-state index contributed by atoms with van der Waals surface area (Å²) in [7, 11) is 0. The standard InChI is InChI=1S/C13H18ClNO2/c1-2-7-15(8-10-16)9-11-17-13-6-4-3-5-12(13)14/h2-6,16H,1,7-11H2. The quantitative estimate of drug-likeness (QED) is 0.723. The zero-order chi connectivity index (χ0) is 12.5. The van der Waals surface area contributed by atoms with E-state index in [4.69, 9.17) is 21.4 Å². The number of benzene rings is 1. The maximum absolute atomic E-state index is 8.89. The van der Waals surface area contributed by atoms with Crippen LogP contribution in [0.4, 0.5) is 0 Å². The van der Waals surface area contributed by atoms with Gasteiger partial charge in [0.05, 0.1) is 11.6 Å². The van der Waals surface area contributed by atoms with Crippen LogP contribution in [0.1, 0.15) is 0 Å². The van der Waals surface area contributed by atoms with E-state index in [1.807, 2.05) is 24.3 Å². The van der Waals surface area contributed by atoms with Gasteiger partial charge in [0, 0.05) is 19.6 Å². The minimum absolute atomic E-state index is 0.139. The first-order chi connectivity index (χ1) is 8.27. The Morgan fingerprint density at radius 3 is 2.76 bits per heavy atom. The third-order valence-electron chi connectivity index (χ3n) is 2.31. The summed E-state index contributed by atoms with van der Waals surface area (Å²) in [5.41, 5.74) is 0. The molecule has 0 fully saturated rings. The van der Waals surface area contributed by atoms with E-state index in [-0.39, 0.29) is 6.61 Å². The maximum atomic E-state index is 8.89. The molecule has 0 aliphatic carbocycles. The van der Waals surface area contributed by atoms with Crippen molar-refractivity contribution < 1.29 is 9.84 Å². The van der Waals surface area contributed by atoms with E-state index in [0.717, 1.165) is 13.1 Å². The Morgan fingerprint density at radius 2 is 2.12 bits per heavy atom. The van der Waals surface area contributed by atoms with Gasteiger partial charge in [-0.1, -0.05) is 29.8 Å². The van der Waals surface area contributed by atoms with E-state index >= 15 is 0 Å². The highest BCUT2D eigenvalue weighted by Gasteiger charge is 2.03. The van der Waals surface area contributed by atoms with Crippen LogP contribution < -0.4 is 4.74 Å². The summed E-state index contributed by atoms with van der Waals surface area (Å²) < 4.78 is 5.57. The monoisotopic (exact) mass is 255 g/mol. The Kier molecular flexibility index (Phi) is 6.70. The first kappa shape index (κ1) is 14.0. The number of hydrogen-bond acceptors (Lipinski definition) is 3. The van der Waals surface area contributed by atoms with E-state index in [1.54, 1.807) is 6.07 Å². The van der Waals surface area contributed by atoms with Crippen LogP contribution >= 0.6 is 11.6 Å². The Hall–Kier alpha value is -1.03. The number of halogens is 1. The summed E-state index contributed by atoms with van der Waals surface area (Å²) in [6.45, 7) is 6.46. The highest BCUT2D eigenvalue weighted by molar-refractivity contribution is 6.32. The normalized spacial score (nSPS) is 10.5. The lowest BCUT2D eigenvalue weighted by atomic mass is 10.3. The molecular formula is C13H18ClNO2. The summed E-state index contributed by atoms with van der Waals surface area (Å²) >= 11 is 5.97. The molecule has 1 aromatic carbocycles. The Balaban J connectivity index is 2.35. The van der Waals surface area contributed by atoms with Crippen LogP contribution in [0.2, 0.25) is 5.02 Å². The van der Waals surface area contributed by atoms with E-state index in [2.05, 4.69) is 11.5 Å². The van der Waals surface area contributed by atoms with Crippen LogP contribution in [0.3, 0.4) is 0 Å². The molecule has 3 nitrogen and oxygen atoms in total. The minimum Gasteiger partial charge on any atom is -0.491 e. The molecule has 17 heavy (non-hydrogen) atoms. The molecule has 0 aliphatic rings. The van der Waals surface area contributed by atoms with Gasteiger partial charge in [0.2, 0.25) is 0 Å². The van der Waals surface area contributed by atoms with Crippen molar-refractivity contribution in [3.8, 4) is 5.75 Å². The number of ether oxygens (including phenoxy) is 1. The van der Waals surface area contributed by atoms with Gasteiger partial charge >= 0.3 is 0 Å². The lowest BCUT2D eigenvalue weighted by Crippen LogP contribution is -2.31. The van der Waals surface area contributed by atoms with Gasteiger partial charge in [0.15, 0.2) is 0 Å². The molecule has 1 rings (SSSR count). The predicted octanol–water partition coefficient (Wildman–Crippen LogP) is 2.20. The Labute approximate surface area is 107 Å². The average molecular weight is 256 g/mol. The predicted molar refractivity (Wildman–Crippen MR) is 70.7 cm³/mol. The molecule has 94 valence electrons. The molecular weight excluding hydrogens is 238 g/mol. The topological polar surface area (TPSA) is 32.7 Å². The Bertz CT molecular complexity index is 344. The maximum Gasteiger partial charge on any atom is 0.137 e. The van der Waals surface area contributed by atoms with E-state index < -0.39 is 0 Å². The zero-order valence-electron chi connectivity index (χ0n) is 9.81. The largest absolute Gasteiger partial charge is 0.491 e. The fourth-order valence-corrected chi connectivity index (χ4v) is 1.66. The summed E-state index contributed by atoms with van der Waals surface area (Å²) in [4.78, 5) is 2.06. The van der Waals surface area contributed by atoms with Gasteiger partial charge < -0.3 is 9.84 Å². The lowest BCUT2D eigenvalue weighted by Gasteiger charge is -2.19. The van der Waals surface area contributed by atoms with Crippen LogP contribution in [0.15, 0.2) is 36.9 Å². The molecule has 0 spiro atoms. The van der Waals surface area contributed by atoms with Gasteiger partial charge in [-0.15, -0.1) is 6.58 Å². The second-order valence-electron chi connectivity index (χ2n) is 3.59. The van der Waals surface area contributed by atoms with Crippen molar-refractivity contribution in [1.29, 1.82) is 0 Å². The molecule has 0 saturated heterocycles. The van der Waals surface area contributed by atoms with Crippen molar-refractivity contribution in [2.45, 2.75) is 0 Å². The fraction of sp³-hybridized carbons (Fsp3) is 0.385. The van der Waals surface area contributed by atoms with Crippen molar-refractivity contribution in [2.75, 3.05) is 32.8 Å². The summed E-state index contributed by atoms with van der Waals surface area (Å²) in [5, 5.41) is 9.50. The van der Waals surface area contributed by atoms with Gasteiger partial charge in [-0.2, -0.15) is 0 Å². The average Bonchev–Trinajstić information content (AvgIpc) is 2.32. The summed E-state index contributed by atoms with van der Waals surface area (Å²) in [6, 6.07) is 7.39. The van der Waals surface area contributed by atoms with E-state index in [0.29, 0.717) is 23.9 Å². The smallest absolute Gasteiger partial charge is 0.137 e. The number of hydrogen-bond donors (Lipinski definition) is 1. The molecule has 0 saturated carbocycles. The van der Waals surface area contributed by atoms with Gasteiger partial charge in [-0.3, -0.25) is 4.90 Å². The molecule has 0 unspecified atom stereocenters. The van der Waals surface area contributed by atoms with Crippen molar-refractivity contribution in [1.82, 2.24) is 4.90 Å². The number of para-hydroxylation sites is 1.